The molecule has 14 nitrogen and oxygen atoms in total. The van der Waals surface area contributed by atoms with E-state index in [1.807, 2.05) is 112 Å². The van der Waals surface area contributed by atoms with Crippen LogP contribution >= 0.6 is 23.2 Å². The standard InChI is InChI=1S/C37H46ClFN2O4.C19H21ClFNO2.C17H26N2O3.CH4/c1-7-45-35(44)21-28(30-18-29(19-31(38)37(30)39)36-24(4)10-8-11-25(36)5)20-33(42)32(16-23(2)3)41-22-27(26(6)17-34(41)43)12-15-40-13-9-14-40;1-4-24-17(23)10-16(22)14-8-13(9-15(20)19(14)21)18-11(2)6-5-7-12(18)3;1-12(2)9-15(17(21)22)19-11-14(13(3)10-16(19)20)5-8-18-6-4-7-18;/h8,10-11,17-19,22-23,28,32H,7,9,12-16,20-21H2,1-6H3;5-9,16H,4,10,22H2,1-3H3;10-12,15H,4-9H2,1-3H3,(H,21,22);1H4/t28-,32?;16-;;/m00../s1. The molecule has 18 heteroatoms. The number of benzene rings is 4. The molecule has 8 rings (SSSR count). The number of ether oxygens (including phenoxy) is 2. The van der Waals surface area contributed by atoms with Crippen molar-refractivity contribution in [1.82, 2.24) is 18.9 Å². The maximum atomic E-state index is 15.9. The van der Waals surface area contributed by atoms with Gasteiger partial charge in [0, 0.05) is 61.6 Å². The number of aromatic nitrogens is 2. The normalized spacial score (nSPS) is 14.3. The number of hydrogen-bond donors (Lipinski definition) is 2. The second-order valence-electron chi connectivity index (χ2n) is 25.2. The van der Waals surface area contributed by atoms with Crippen LogP contribution < -0.4 is 16.9 Å². The Hall–Kier alpha value is -6.82. The van der Waals surface area contributed by atoms with Crippen molar-refractivity contribution in [3.63, 3.8) is 0 Å². The van der Waals surface area contributed by atoms with E-state index in [1.54, 1.807) is 61.0 Å². The van der Waals surface area contributed by atoms with Crippen LogP contribution in [0.2, 0.25) is 10.0 Å². The molecule has 0 bridgehead atoms. The van der Waals surface area contributed by atoms with Gasteiger partial charge in [0.05, 0.1) is 42.1 Å². The number of ketones is 1. The van der Waals surface area contributed by atoms with Crippen LogP contribution in [0.5, 0.6) is 0 Å². The van der Waals surface area contributed by atoms with Gasteiger partial charge in [-0.1, -0.05) is 94.7 Å². The van der Waals surface area contributed by atoms with Crippen molar-refractivity contribution in [3.8, 4) is 22.3 Å². The summed E-state index contributed by atoms with van der Waals surface area (Å²) in [6.07, 6.45) is 8.16. The predicted octanol–water partition coefficient (Wildman–Crippen LogP) is 15.2. The van der Waals surface area contributed by atoms with Gasteiger partial charge in [-0.2, -0.15) is 0 Å². The Kier molecular flexibility index (Phi) is 29.2. The highest BCUT2D eigenvalue weighted by atomic mass is 35.5. The summed E-state index contributed by atoms with van der Waals surface area (Å²) in [7, 11) is 0. The van der Waals surface area contributed by atoms with Gasteiger partial charge < -0.3 is 39.2 Å². The highest BCUT2D eigenvalue weighted by Gasteiger charge is 2.32. The van der Waals surface area contributed by atoms with Crippen LogP contribution in [0.25, 0.3) is 22.3 Å². The molecule has 4 heterocycles. The van der Waals surface area contributed by atoms with E-state index in [1.165, 1.54) is 17.4 Å². The van der Waals surface area contributed by atoms with Gasteiger partial charge in [0.1, 0.15) is 17.7 Å². The number of rotatable bonds is 26. The number of nitrogens with zero attached hydrogens (tertiary/aromatic N) is 4. The van der Waals surface area contributed by atoms with Crippen molar-refractivity contribution in [2.45, 2.75) is 172 Å². The average molecular weight is 1310 g/mol. The number of halogens is 4. The first-order valence-electron chi connectivity index (χ1n) is 31.9. The number of aryl methyl sites for hydroxylation is 6. The summed E-state index contributed by atoms with van der Waals surface area (Å²) in [5.74, 6) is -3.91. The van der Waals surface area contributed by atoms with Gasteiger partial charge in [0.25, 0.3) is 11.1 Å². The Morgan fingerprint density at radius 2 is 0.967 bits per heavy atom. The molecule has 2 fully saturated rings. The number of carboxylic acids is 1. The highest BCUT2D eigenvalue weighted by Crippen LogP contribution is 2.39. The number of esters is 2. The Balaban J connectivity index is 0.000000275. The number of likely N-dealkylation sites (tertiary alicyclic amines) is 2. The minimum absolute atomic E-state index is 0. The van der Waals surface area contributed by atoms with Crippen molar-refractivity contribution in [1.29, 1.82) is 0 Å². The molecular weight excluding hydrogens is 1210 g/mol. The molecule has 0 saturated carbocycles. The van der Waals surface area contributed by atoms with Crippen LogP contribution in [0, 0.1) is 65.0 Å². The van der Waals surface area contributed by atoms with E-state index in [-0.39, 0.29) is 89.8 Å². The summed E-state index contributed by atoms with van der Waals surface area (Å²) < 4.78 is 43.4. The molecule has 0 radical (unpaired) electrons. The molecule has 92 heavy (non-hydrogen) atoms. The van der Waals surface area contributed by atoms with Crippen LogP contribution in [0.15, 0.2) is 94.8 Å². The Morgan fingerprint density at radius 3 is 1.36 bits per heavy atom. The van der Waals surface area contributed by atoms with Crippen LogP contribution in [0.4, 0.5) is 8.78 Å². The number of carbonyl (C=O) groups is 4. The van der Waals surface area contributed by atoms with Crippen molar-refractivity contribution < 1.29 is 42.5 Å². The number of nitrogens with two attached hydrogens (primary N) is 1. The lowest BCUT2D eigenvalue weighted by atomic mass is 9.84. The summed E-state index contributed by atoms with van der Waals surface area (Å²) in [5, 5.41) is 9.37. The molecule has 2 unspecified atom stereocenters. The van der Waals surface area contributed by atoms with E-state index in [4.69, 9.17) is 38.4 Å². The summed E-state index contributed by atoms with van der Waals surface area (Å²) in [5.41, 5.74) is 17.5. The van der Waals surface area contributed by atoms with Crippen molar-refractivity contribution in [2.75, 3.05) is 52.5 Å². The van der Waals surface area contributed by atoms with Crippen LogP contribution in [-0.2, 0) is 41.5 Å². The third kappa shape index (κ3) is 20.6. The Bertz CT molecular complexity index is 3610. The second kappa shape index (κ2) is 35.4. The molecule has 0 amide bonds. The van der Waals surface area contributed by atoms with E-state index in [0.717, 1.165) is 113 Å². The summed E-state index contributed by atoms with van der Waals surface area (Å²) >= 11 is 12.5. The van der Waals surface area contributed by atoms with Crippen molar-refractivity contribution in [2.24, 2.45) is 17.6 Å². The SMILES string of the molecule is C.CCOC(=O)C[C@H](CC(=O)C(CC(C)C)n1cc(CCN2CCC2)c(C)cc1=O)c1cc(-c2c(C)cccc2C)cc(Cl)c1F.CCOC(=O)C[C@H](N)c1cc(-c2c(C)cccc2C)cc(Cl)c1F.Cc1cc(=O)n(C(CC(C)C)C(=O)O)cc1CCN1CCC1. The molecule has 2 aromatic heterocycles. The van der Waals surface area contributed by atoms with Gasteiger partial charge in [-0.05, 0) is 229 Å². The number of hydrogen-bond acceptors (Lipinski definition) is 11. The first-order valence-corrected chi connectivity index (χ1v) is 32.7. The summed E-state index contributed by atoms with van der Waals surface area (Å²) in [6.45, 7) is 29.9. The lowest BCUT2D eigenvalue weighted by Crippen LogP contribution is -2.38. The molecule has 3 N–H and O–H groups in total. The predicted molar refractivity (Wildman–Crippen MR) is 366 cm³/mol. The molecule has 0 aliphatic carbocycles. The van der Waals surface area contributed by atoms with Crippen LogP contribution in [0.1, 0.15) is 174 Å². The third-order valence-electron chi connectivity index (χ3n) is 17.2. The molecule has 2 saturated heterocycles. The molecular formula is C74H97Cl2F2N5O9. The van der Waals surface area contributed by atoms with Gasteiger partial charge >= 0.3 is 17.9 Å². The monoisotopic (exact) mass is 1310 g/mol. The van der Waals surface area contributed by atoms with Crippen LogP contribution in [-0.4, -0.2) is 100 Å². The molecule has 500 valence electrons. The smallest absolute Gasteiger partial charge is 0.326 e. The van der Waals surface area contributed by atoms with E-state index in [0.29, 0.717) is 18.4 Å². The highest BCUT2D eigenvalue weighted by molar-refractivity contribution is 6.31. The molecule has 2 aliphatic rings. The van der Waals surface area contributed by atoms with E-state index in [9.17, 15) is 38.3 Å². The maximum absolute atomic E-state index is 15.9. The number of aliphatic carboxylic acids is 1. The second-order valence-corrected chi connectivity index (χ2v) is 26.0. The fourth-order valence-corrected chi connectivity index (χ4v) is 12.4. The number of pyridine rings is 2. The number of carbonyl (C=O) groups excluding carboxylic acids is 3. The molecule has 6 aromatic rings. The molecule has 0 spiro atoms. The average Bonchev–Trinajstić information content (AvgIpc) is 0.821. The Morgan fingerprint density at radius 1 is 0.576 bits per heavy atom. The number of carboxylic acid groups (broad SMARTS) is 1. The van der Waals surface area contributed by atoms with Crippen molar-refractivity contribution in [3.05, 3.63) is 183 Å². The van der Waals surface area contributed by atoms with Crippen LogP contribution in [0.3, 0.4) is 0 Å². The molecule has 4 aromatic carbocycles. The first-order chi connectivity index (χ1) is 43.1. The van der Waals surface area contributed by atoms with Gasteiger partial charge in [0.2, 0.25) is 0 Å². The summed E-state index contributed by atoms with van der Waals surface area (Å²) in [6, 6.07) is 19.2. The largest absolute Gasteiger partial charge is 0.480 e. The van der Waals surface area contributed by atoms with E-state index >= 15 is 4.39 Å². The zero-order valence-electron chi connectivity index (χ0n) is 55.2. The lowest BCUT2D eigenvalue weighted by Gasteiger charge is -2.31. The zero-order valence-corrected chi connectivity index (χ0v) is 56.7. The maximum Gasteiger partial charge on any atom is 0.326 e. The lowest BCUT2D eigenvalue weighted by molar-refractivity contribution is -0.144. The quantitative estimate of drug-likeness (QED) is 0.0491. The zero-order chi connectivity index (χ0) is 67.0. The fourth-order valence-electron chi connectivity index (χ4n) is 12.0. The number of Topliss-reactive ketones (excluding diaryl/α,β-unsaturated/α-hetero) is 1. The van der Waals surface area contributed by atoms with Gasteiger partial charge in [-0.3, -0.25) is 24.0 Å². The minimum atomic E-state index is -0.937. The first kappa shape index (κ1) is 75.9. The molecule has 4 atom stereocenters. The fraction of sp³-hybridized carbons (Fsp3) is 0.486. The topological polar surface area (TPSA) is 183 Å². The summed E-state index contributed by atoms with van der Waals surface area (Å²) in [4.78, 5) is 80.6. The van der Waals surface area contributed by atoms with Crippen molar-refractivity contribution >= 4 is 46.9 Å². The van der Waals surface area contributed by atoms with Gasteiger partial charge in [0.15, 0.2) is 5.78 Å². The van der Waals surface area contributed by atoms with E-state index in [2.05, 4.69) is 9.80 Å². The molecule has 2 aliphatic heterocycles. The minimum Gasteiger partial charge on any atom is -0.480 e. The van der Waals surface area contributed by atoms with Gasteiger partial charge in [-0.25, -0.2) is 13.6 Å². The van der Waals surface area contributed by atoms with Gasteiger partial charge in [-0.15, -0.1) is 0 Å². The van der Waals surface area contributed by atoms with E-state index < -0.39 is 53.6 Å². The Labute approximate surface area is 553 Å². The third-order valence-corrected chi connectivity index (χ3v) is 17.7.